The average molecular weight is 334 g/mol. The van der Waals surface area contributed by atoms with Crippen molar-refractivity contribution in [3.8, 4) is 0 Å². The number of carbonyl (C=O) groups excluding carboxylic acids is 2. The Kier molecular flexibility index (Phi) is 5.70. The highest BCUT2D eigenvalue weighted by Gasteiger charge is 2.37. The topological polar surface area (TPSA) is 67.9 Å². The molecular formula is C18H26N2O4. The molecule has 0 saturated carbocycles. The molecule has 1 heterocycles. The number of rotatable bonds is 3. The standard InChI is InChI=1S/C18H26N2O4/c1-13-15(10-11-20(13)17(22)24-18(2,3)4)19-16(21)23-12-14-8-6-5-7-9-14/h5-9,13,15H,10-12H2,1-4H3,(H,19,21)/t13-,15-/m1/s1. The van der Waals surface area contributed by atoms with Gasteiger partial charge in [0.1, 0.15) is 12.2 Å². The summed E-state index contributed by atoms with van der Waals surface area (Å²) in [5.41, 5.74) is 0.402. The summed E-state index contributed by atoms with van der Waals surface area (Å²) in [7, 11) is 0. The number of hydrogen-bond acceptors (Lipinski definition) is 4. The molecule has 2 atom stereocenters. The van der Waals surface area contributed by atoms with E-state index in [1.165, 1.54) is 0 Å². The van der Waals surface area contributed by atoms with Crippen LogP contribution in [0.25, 0.3) is 0 Å². The molecule has 1 aromatic carbocycles. The Hall–Kier alpha value is -2.24. The highest BCUT2D eigenvalue weighted by molar-refractivity contribution is 5.70. The van der Waals surface area contributed by atoms with Crippen molar-refractivity contribution in [2.75, 3.05) is 6.54 Å². The van der Waals surface area contributed by atoms with E-state index in [-0.39, 0.29) is 24.8 Å². The third-order valence-corrected chi connectivity index (χ3v) is 3.90. The van der Waals surface area contributed by atoms with E-state index in [0.717, 1.165) is 5.56 Å². The first-order valence-corrected chi connectivity index (χ1v) is 8.23. The molecule has 0 radical (unpaired) electrons. The molecule has 1 aliphatic rings. The Bertz CT molecular complexity index is 568. The molecule has 1 saturated heterocycles. The molecule has 2 amide bonds. The van der Waals surface area contributed by atoms with Crippen LogP contribution in [0, 0.1) is 0 Å². The maximum absolute atomic E-state index is 12.2. The van der Waals surface area contributed by atoms with Crippen molar-refractivity contribution in [3.05, 3.63) is 35.9 Å². The van der Waals surface area contributed by atoms with E-state index in [2.05, 4.69) is 5.32 Å². The molecule has 0 aromatic heterocycles. The van der Waals surface area contributed by atoms with Crippen LogP contribution in [0.15, 0.2) is 30.3 Å². The third kappa shape index (κ3) is 5.15. The molecule has 6 heteroatoms. The Morgan fingerprint density at radius 3 is 2.54 bits per heavy atom. The van der Waals surface area contributed by atoms with Crippen LogP contribution >= 0.6 is 0 Å². The van der Waals surface area contributed by atoms with Gasteiger partial charge in [-0.25, -0.2) is 9.59 Å². The van der Waals surface area contributed by atoms with Gasteiger partial charge in [-0.2, -0.15) is 0 Å². The van der Waals surface area contributed by atoms with Gasteiger partial charge in [0.2, 0.25) is 0 Å². The van der Waals surface area contributed by atoms with E-state index in [0.29, 0.717) is 13.0 Å². The SMILES string of the molecule is C[C@@H]1[C@H](NC(=O)OCc2ccccc2)CCN1C(=O)OC(C)(C)C. The Morgan fingerprint density at radius 2 is 1.92 bits per heavy atom. The van der Waals surface area contributed by atoms with Crippen molar-refractivity contribution in [1.29, 1.82) is 0 Å². The first kappa shape index (κ1) is 18.1. The average Bonchev–Trinajstić information content (AvgIpc) is 2.86. The van der Waals surface area contributed by atoms with Gasteiger partial charge < -0.3 is 19.7 Å². The minimum atomic E-state index is -0.531. The second-order valence-electron chi connectivity index (χ2n) is 7.02. The molecule has 24 heavy (non-hydrogen) atoms. The van der Waals surface area contributed by atoms with Crippen LogP contribution in [0.2, 0.25) is 0 Å². The van der Waals surface area contributed by atoms with Crippen LogP contribution < -0.4 is 5.32 Å². The van der Waals surface area contributed by atoms with Gasteiger partial charge in [-0.1, -0.05) is 30.3 Å². The second-order valence-corrected chi connectivity index (χ2v) is 7.02. The molecule has 1 N–H and O–H groups in total. The number of nitrogens with zero attached hydrogens (tertiary/aromatic N) is 1. The molecule has 1 fully saturated rings. The van der Waals surface area contributed by atoms with E-state index < -0.39 is 11.7 Å². The minimum Gasteiger partial charge on any atom is -0.445 e. The number of ether oxygens (including phenoxy) is 2. The number of hydrogen-bond donors (Lipinski definition) is 1. The summed E-state index contributed by atoms with van der Waals surface area (Å²) in [6.45, 7) is 8.19. The summed E-state index contributed by atoms with van der Waals surface area (Å²) >= 11 is 0. The fraction of sp³-hybridized carbons (Fsp3) is 0.556. The third-order valence-electron chi connectivity index (χ3n) is 3.90. The first-order valence-electron chi connectivity index (χ1n) is 8.23. The van der Waals surface area contributed by atoms with E-state index in [4.69, 9.17) is 9.47 Å². The number of nitrogens with one attached hydrogen (secondary N) is 1. The number of carbonyl (C=O) groups is 2. The minimum absolute atomic E-state index is 0.135. The zero-order chi connectivity index (χ0) is 17.7. The molecule has 6 nitrogen and oxygen atoms in total. The van der Waals surface area contributed by atoms with Crippen LogP contribution in [-0.2, 0) is 16.1 Å². The van der Waals surface area contributed by atoms with Gasteiger partial charge in [-0.15, -0.1) is 0 Å². The zero-order valence-corrected chi connectivity index (χ0v) is 14.7. The van der Waals surface area contributed by atoms with Crippen LogP contribution in [0.3, 0.4) is 0 Å². The predicted molar refractivity (Wildman–Crippen MR) is 90.6 cm³/mol. The first-order chi connectivity index (χ1) is 11.3. The lowest BCUT2D eigenvalue weighted by Crippen LogP contribution is -2.46. The van der Waals surface area contributed by atoms with Gasteiger partial charge in [0.15, 0.2) is 0 Å². The smallest absolute Gasteiger partial charge is 0.410 e. The predicted octanol–water partition coefficient (Wildman–Crippen LogP) is 3.31. The van der Waals surface area contributed by atoms with E-state index in [1.54, 1.807) is 4.90 Å². The fourth-order valence-corrected chi connectivity index (χ4v) is 2.63. The molecule has 1 aliphatic heterocycles. The molecular weight excluding hydrogens is 308 g/mol. The summed E-state index contributed by atoms with van der Waals surface area (Å²) in [6.07, 6.45) is -0.139. The van der Waals surface area contributed by atoms with E-state index in [9.17, 15) is 9.59 Å². The van der Waals surface area contributed by atoms with Crippen LogP contribution in [0.4, 0.5) is 9.59 Å². The van der Waals surface area contributed by atoms with Crippen molar-refractivity contribution in [2.24, 2.45) is 0 Å². The quantitative estimate of drug-likeness (QED) is 0.921. The molecule has 1 aromatic rings. The number of benzene rings is 1. The van der Waals surface area contributed by atoms with Crippen LogP contribution in [0.5, 0.6) is 0 Å². The van der Waals surface area contributed by atoms with Gasteiger partial charge in [-0.3, -0.25) is 0 Å². The van der Waals surface area contributed by atoms with Gasteiger partial charge in [0, 0.05) is 6.54 Å². The van der Waals surface area contributed by atoms with Gasteiger partial charge in [0.05, 0.1) is 12.1 Å². The summed E-state index contributed by atoms with van der Waals surface area (Å²) in [4.78, 5) is 25.8. The number of likely N-dealkylation sites (tertiary alicyclic amines) is 1. The highest BCUT2D eigenvalue weighted by Crippen LogP contribution is 2.21. The lowest BCUT2D eigenvalue weighted by atomic mass is 10.1. The Labute approximate surface area is 143 Å². The van der Waals surface area contributed by atoms with Crippen molar-refractivity contribution in [3.63, 3.8) is 0 Å². The van der Waals surface area contributed by atoms with Crippen molar-refractivity contribution >= 4 is 12.2 Å². The maximum Gasteiger partial charge on any atom is 0.410 e. The number of alkyl carbamates (subject to hydrolysis) is 1. The van der Waals surface area contributed by atoms with E-state index in [1.807, 2.05) is 58.0 Å². The van der Waals surface area contributed by atoms with Gasteiger partial charge >= 0.3 is 12.2 Å². The fourth-order valence-electron chi connectivity index (χ4n) is 2.63. The van der Waals surface area contributed by atoms with Gasteiger partial charge in [0.25, 0.3) is 0 Å². The van der Waals surface area contributed by atoms with Crippen LogP contribution in [0.1, 0.15) is 39.7 Å². The molecule has 0 aliphatic carbocycles. The largest absolute Gasteiger partial charge is 0.445 e. The Balaban J connectivity index is 1.81. The molecule has 132 valence electrons. The van der Waals surface area contributed by atoms with Crippen LogP contribution in [-0.4, -0.2) is 41.3 Å². The lowest BCUT2D eigenvalue weighted by Gasteiger charge is -2.28. The lowest BCUT2D eigenvalue weighted by molar-refractivity contribution is 0.0228. The Morgan fingerprint density at radius 1 is 1.25 bits per heavy atom. The van der Waals surface area contributed by atoms with E-state index >= 15 is 0 Å². The number of amides is 2. The van der Waals surface area contributed by atoms with Crippen molar-refractivity contribution in [2.45, 2.75) is 58.4 Å². The monoisotopic (exact) mass is 334 g/mol. The summed E-state index contributed by atoms with van der Waals surface area (Å²) < 4.78 is 10.6. The van der Waals surface area contributed by atoms with Gasteiger partial charge in [-0.05, 0) is 39.7 Å². The molecule has 0 bridgehead atoms. The van der Waals surface area contributed by atoms with Crippen molar-refractivity contribution < 1.29 is 19.1 Å². The van der Waals surface area contributed by atoms with Crippen molar-refractivity contribution in [1.82, 2.24) is 10.2 Å². The molecule has 0 spiro atoms. The maximum atomic E-state index is 12.2. The normalized spacial score (nSPS) is 20.6. The summed E-state index contributed by atoms with van der Waals surface area (Å²) in [6, 6.07) is 9.23. The molecule has 0 unspecified atom stereocenters. The zero-order valence-electron chi connectivity index (χ0n) is 14.7. The highest BCUT2D eigenvalue weighted by atomic mass is 16.6. The molecule has 2 rings (SSSR count). The second kappa shape index (κ2) is 7.55. The summed E-state index contributed by atoms with van der Waals surface area (Å²) in [5, 5.41) is 2.84. The summed E-state index contributed by atoms with van der Waals surface area (Å²) in [5.74, 6) is 0.